The molecule has 0 saturated heterocycles. The summed E-state index contributed by atoms with van der Waals surface area (Å²) >= 11 is 1.39. The smallest absolute Gasteiger partial charge is 0.229 e. The third kappa shape index (κ3) is 5.98. The van der Waals surface area contributed by atoms with Gasteiger partial charge in [0.25, 0.3) is 0 Å². The Bertz CT molecular complexity index is 926. The van der Waals surface area contributed by atoms with Crippen molar-refractivity contribution < 1.29 is 13.9 Å². The second-order valence-electron chi connectivity index (χ2n) is 6.07. The molecule has 0 bridgehead atoms. The van der Waals surface area contributed by atoms with Crippen LogP contribution in [0.15, 0.2) is 35.7 Å². The number of aromatic nitrogens is 3. The number of halogens is 1. The van der Waals surface area contributed by atoms with Gasteiger partial charge < -0.3 is 15.4 Å². The van der Waals surface area contributed by atoms with E-state index in [9.17, 15) is 9.18 Å². The van der Waals surface area contributed by atoms with Gasteiger partial charge in [-0.2, -0.15) is 0 Å². The Morgan fingerprint density at radius 2 is 1.86 bits per heavy atom. The second-order valence-corrected chi connectivity index (χ2v) is 6.93. The number of carbonyl (C=O) groups is 1. The molecule has 3 rings (SSSR count). The summed E-state index contributed by atoms with van der Waals surface area (Å²) in [6.07, 6.45) is 0.169. The average Bonchev–Trinajstić information content (AvgIpc) is 3.06. The van der Waals surface area contributed by atoms with Crippen LogP contribution in [0, 0.1) is 19.7 Å². The molecule has 0 aliphatic heterocycles. The van der Waals surface area contributed by atoms with Crippen LogP contribution in [0.4, 0.5) is 15.5 Å². The van der Waals surface area contributed by atoms with Gasteiger partial charge in [0.15, 0.2) is 5.13 Å². The zero-order valence-corrected chi connectivity index (χ0v) is 16.3. The Morgan fingerprint density at radius 3 is 2.57 bits per heavy atom. The Balaban J connectivity index is 1.42. The number of thiazole rings is 1. The van der Waals surface area contributed by atoms with Crippen molar-refractivity contribution in [3.05, 3.63) is 58.6 Å². The van der Waals surface area contributed by atoms with E-state index in [1.165, 1.54) is 23.5 Å². The first kappa shape index (κ1) is 19.7. The lowest BCUT2D eigenvalue weighted by atomic mass is 10.3. The number of hydrogen-bond donors (Lipinski definition) is 2. The van der Waals surface area contributed by atoms with Crippen molar-refractivity contribution in [2.45, 2.75) is 20.3 Å². The first-order chi connectivity index (χ1) is 13.5. The monoisotopic (exact) mass is 401 g/mol. The van der Waals surface area contributed by atoms with Crippen molar-refractivity contribution in [3.63, 3.8) is 0 Å². The van der Waals surface area contributed by atoms with E-state index < -0.39 is 0 Å². The highest BCUT2D eigenvalue weighted by molar-refractivity contribution is 7.13. The summed E-state index contributed by atoms with van der Waals surface area (Å²) in [5, 5.41) is 8.28. The highest BCUT2D eigenvalue weighted by atomic mass is 32.1. The van der Waals surface area contributed by atoms with Crippen molar-refractivity contribution in [1.82, 2.24) is 20.3 Å². The molecule has 1 aromatic carbocycles. The fourth-order valence-corrected chi connectivity index (χ4v) is 3.14. The summed E-state index contributed by atoms with van der Waals surface area (Å²) in [4.78, 5) is 25.0. The van der Waals surface area contributed by atoms with E-state index in [-0.39, 0.29) is 18.1 Å². The van der Waals surface area contributed by atoms with Crippen molar-refractivity contribution in [2.75, 3.05) is 18.5 Å². The Kier molecular flexibility index (Phi) is 6.49. The van der Waals surface area contributed by atoms with Gasteiger partial charge in [0.1, 0.15) is 18.2 Å². The van der Waals surface area contributed by atoms with E-state index in [4.69, 9.17) is 4.74 Å². The molecule has 2 N–H and O–H groups in total. The normalized spacial score (nSPS) is 10.5. The Labute approximate surface area is 166 Å². The van der Waals surface area contributed by atoms with E-state index in [2.05, 4.69) is 25.6 Å². The first-order valence-corrected chi connectivity index (χ1v) is 9.55. The summed E-state index contributed by atoms with van der Waals surface area (Å²) in [5.74, 6) is 0.573. The molecule has 0 unspecified atom stereocenters. The van der Waals surface area contributed by atoms with Gasteiger partial charge in [-0.05, 0) is 44.2 Å². The number of amides is 1. The number of ether oxygens (including phenoxy) is 1. The lowest BCUT2D eigenvalue weighted by Gasteiger charge is -2.07. The van der Waals surface area contributed by atoms with E-state index >= 15 is 0 Å². The van der Waals surface area contributed by atoms with Crippen LogP contribution in [0.3, 0.4) is 0 Å². The van der Waals surface area contributed by atoms with Crippen LogP contribution in [-0.4, -0.2) is 34.0 Å². The van der Waals surface area contributed by atoms with Crippen molar-refractivity contribution in [1.29, 1.82) is 0 Å². The molecular weight excluding hydrogens is 381 g/mol. The summed E-state index contributed by atoms with van der Waals surface area (Å²) in [6, 6.07) is 7.62. The fraction of sp³-hybridized carbons (Fsp3) is 0.263. The van der Waals surface area contributed by atoms with Gasteiger partial charge in [0, 0.05) is 16.8 Å². The van der Waals surface area contributed by atoms with Gasteiger partial charge in [-0.1, -0.05) is 0 Å². The largest absolute Gasteiger partial charge is 0.492 e. The van der Waals surface area contributed by atoms with Crippen LogP contribution >= 0.6 is 11.3 Å². The van der Waals surface area contributed by atoms with Crippen LogP contribution in [0.2, 0.25) is 0 Å². The van der Waals surface area contributed by atoms with Crippen molar-refractivity contribution in [3.8, 4) is 5.75 Å². The number of aryl methyl sites for hydroxylation is 2. The number of anilines is 2. The molecule has 1 amide bonds. The maximum Gasteiger partial charge on any atom is 0.229 e. The SMILES string of the molecule is Cc1cc(C)nc(Nc2nc(CC(=O)NCCOc3ccc(F)cc3)cs2)n1. The molecule has 0 spiro atoms. The zero-order valence-electron chi connectivity index (χ0n) is 15.5. The maximum absolute atomic E-state index is 12.8. The predicted octanol–water partition coefficient (Wildman–Crippen LogP) is 3.17. The van der Waals surface area contributed by atoms with Gasteiger partial charge >= 0.3 is 0 Å². The Morgan fingerprint density at radius 1 is 1.14 bits per heavy atom. The van der Waals surface area contributed by atoms with Crippen molar-refractivity contribution in [2.24, 2.45) is 0 Å². The number of nitrogens with one attached hydrogen (secondary N) is 2. The van der Waals surface area contributed by atoms with Crippen molar-refractivity contribution >= 4 is 28.3 Å². The van der Waals surface area contributed by atoms with Crippen LogP contribution in [-0.2, 0) is 11.2 Å². The van der Waals surface area contributed by atoms with Gasteiger partial charge in [0.2, 0.25) is 11.9 Å². The second kappa shape index (κ2) is 9.23. The molecule has 146 valence electrons. The minimum Gasteiger partial charge on any atom is -0.492 e. The van der Waals surface area contributed by atoms with E-state index in [1.54, 1.807) is 12.1 Å². The molecule has 0 radical (unpaired) electrons. The predicted molar refractivity (Wildman–Crippen MR) is 106 cm³/mol. The molecule has 0 aliphatic carbocycles. The zero-order chi connectivity index (χ0) is 19.9. The topological polar surface area (TPSA) is 89.0 Å². The van der Waals surface area contributed by atoms with Crippen LogP contribution in [0.1, 0.15) is 17.1 Å². The van der Waals surface area contributed by atoms with E-state index in [0.29, 0.717) is 35.7 Å². The fourth-order valence-electron chi connectivity index (χ4n) is 2.44. The molecule has 3 aromatic rings. The van der Waals surface area contributed by atoms with Crippen LogP contribution < -0.4 is 15.4 Å². The minimum atomic E-state index is -0.318. The van der Waals surface area contributed by atoms with Crippen LogP contribution in [0.5, 0.6) is 5.75 Å². The standard InChI is InChI=1S/C19H20FN5O2S/c1-12-9-13(2)23-18(22-12)25-19-24-15(11-28-19)10-17(26)21-7-8-27-16-5-3-14(20)4-6-16/h3-6,9,11H,7-8,10H2,1-2H3,(H,21,26)(H,22,23,24,25). The highest BCUT2D eigenvalue weighted by Crippen LogP contribution is 2.19. The molecule has 7 nitrogen and oxygen atoms in total. The lowest BCUT2D eigenvalue weighted by Crippen LogP contribution is -2.29. The van der Waals surface area contributed by atoms with E-state index in [0.717, 1.165) is 11.4 Å². The molecule has 28 heavy (non-hydrogen) atoms. The quantitative estimate of drug-likeness (QED) is 0.564. The van der Waals surface area contributed by atoms with Gasteiger partial charge in [0.05, 0.1) is 18.7 Å². The molecule has 0 saturated carbocycles. The summed E-state index contributed by atoms with van der Waals surface area (Å²) in [5.41, 5.74) is 2.40. The number of nitrogens with zero attached hydrogens (tertiary/aromatic N) is 3. The molecule has 2 aromatic heterocycles. The van der Waals surface area contributed by atoms with Gasteiger partial charge in [-0.3, -0.25) is 4.79 Å². The minimum absolute atomic E-state index is 0.151. The number of rotatable bonds is 8. The number of hydrogen-bond acceptors (Lipinski definition) is 7. The summed E-state index contributed by atoms with van der Waals surface area (Å²) in [7, 11) is 0. The van der Waals surface area contributed by atoms with Gasteiger partial charge in [-0.25, -0.2) is 19.3 Å². The third-order valence-electron chi connectivity index (χ3n) is 3.60. The van der Waals surface area contributed by atoms with Crippen LogP contribution in [0.25, 0.3) is 0 Å². The first-order valence-electron chi connectivity index (χ1n) is 8.67. The molecule has 0 fully saturated rings. The average molecular weight is 401 g/mol. The lowest BCUT2D eigenvalue weighted by molar-refractivity contribution is -0.120. The van der Waals surface area contributed by atoms with Gasteiger partial charge in [-0.15, -0.1) is 11.3 Å². The van der Waals surface area contributed by atoms with E-state index in [1.807, 2.05) is 25.3 Å². The molecule has 0 atom stereocenters. The number of carbonyl (C=O) groups excluding carboxylic acids is 1. The molecule has 2 heterocycles. The molecular formula is C19H20FN5O2S. The Hall–Kier alpha value is -3.07. The molecule has 9 heteroatoms. The molecule has 0 aliphatic rings. The summed E-state index contributed by atoms with van der Waals surface area (Å²) in [6.45, 7) is 4.45. The highest BCUT2D eigenvalue weighted by Gasteiger charge is 2.09. The maximum atomic E-state index is 12.8. The number of benzene rings is 1. The third-order valence-corrected chi connectivity index (χ3v) is 4.41. The summed E-state index contributed by atoms with van der Waals surface area (Å²) < 4.78 is 18.3.